The molecule has 2 aromatic rings. The van der Waals surface area contributed by atoms with E-state index in [1.807, 2.05) is 54.6 Å². The molecule has 3 rings (SSSR count). The molecule has 0 aromatic heterocycles. The Hall–Kier alpha value is -2.29. The molecule has 0 fully saturated rings. The van der Waals surface area contributed by atoms with Gasteiger partial charge >= 0.3 is 17.1 Å². The second-order valence-electron chi connectivity index (χ2n) is 4.37. The summed E-state index contributed by atoms with van der Waals surface area (Å²) in [5, 5.41) is 23.5. The average Bonchev–Trinajstić information content (AvgIpc) is 3.23. The van der Waals surface area contributed by atoms with Crippen molar-refractivity contribution < 1.29 is 27.3 Å². The van der Waals surface area contributed by atoms with Gasteiger partial charge in [-0.25, -0.2) is 12.1 Å². The van der Waals surface area contributed by atoms with Crippen LogP contribution in [0.4, 0.5) is 5.69 Å². The average molecular weight is 363 g/mol. The van der Waals surface area contributed by atoms with Crippen molar-refractivity contribution >= 4 is 34.6 Å². The fourth-order valence-corrected chi connectivity index (χ4v) is 2.06. The zero-order chi connectivity index (χ0) is 15.8. The van der Waals surface area contributed by atoms with E-state index < -0.39 is 5.95 Å². The van der Waals surface area contributed by atoms with Gasteiger partial charge in [0.1, 0.15) is 0 Å². The molecule has 0 amide bonds. The molecule has 0 aliphatic heterocycles. The quantitative estimate of drug-likeness (QED) is 0.365. The molecule has 0 heterocycles. The van der Waals surface area contributed by atoms with E-state index in [1.165, 1.54) is 6.07 Å². The van der Waals surface area contributed by atoms with Gasteiger partial charge in [0, 0.05) is 5.22 Å². The maximum Gasteiger partial charge on any atom is 2.00 e. The number of rotatable bonds is 1. The van der Waals surface area contributed by atoms with Gasteiger partial charge in [-0.15, -0.1) is 0 Å². The van der Waals surface area contributed by atoms with Gasteiger partial charge in [-0.3, -0.25) is 0 Å². The number of hydrogen-bond acceptors (Lipinski definition) is 4. The Morgan fingerprint density at radius 3 is 2.30 bits per heavy atom. The summed E-state index contributed by atoms with van der Waals surface area (Å²) in [6, 6.07) is 14.9. The minimum Gasteiger partial charge on any atom is -0.629 e. The number of aliphatic imine (C=N–C) groups is 1. The third-order valence-corrected chi connectivity index (χ3v) is 3.03. The third-order valence-electron chi connectivity index (χ3n) is 2.94. The smallest absolute Gasteiger partial charge is 0.629 e. The van der Waals surface area contributed by atoms with Gasteiger partial charge in [0.05, 0.1) is 16.8 Å². The zero-order valence-corrected chi connectivity index (χ0v) is 13.9. The van der Waals surface area contributed by atoms with Crippen LogP contribution in [0.25, 0.3) is 11.5 Å². The van der Waals surface area contributed by atoms with Crippen LogP contribution in [0, 0.1) is 0 Å². The van der Waals surface area contributed by atoms with Crippen LogP contribution in [0.3, 0.4) is 0 Å². The number of nitrogens with zero attached hydrogens (tertiary/aromatic N) is 1. The summed E-state index contributed by atoms with van der Waals surface area (Å²) in [7, 11) is 0. The van der Waals surface area contributed by atoms with Gasteiger partial charge in [0.25, 0.3) is 0 Å². The number of thiocarbonyl (C=S) groups is 1. The van der Waals surface area contributed by atoms with Crippen molar-refractivity contribution in [2.75, 3.05) is 0 Å². The summed E-state index contributed by atoms with van der Waals surface area (Å²) in [6.45, 7) is 0. The largest absolute Gasteiger partial charge is 2.00 e. The second kappa shape index (κ2) is 9.67. The molecule has 0 spiro atoms. The summed E-state index contributed by atoms with van der Waals surface area (Å²) in [5.41, 5.74) is 1.37. The molecular weight excluding hydrogens is 350 g/mol. The molecule has 0 radical (unpaired) electrons. The first-order valence-electron chi connectivity index (χ1n) is 6.56. The minimum absolute atomic E-state index is 0. The van der Waals surface area contributed by atoms with Crippen LogP contribution in [0.5, 0.6) is 0 Å². The Kier molecular flexibility index (Phi) is 7.89. The van der Waals surface area contributed by atoms with Crippen LogP contribution in [0.2, 0.25) is 0 Å². The zero-order valence-electron chi connectivity index (χ0n) is 12.0. The maximum atomic E-state index is 11.2. The Bertz CT molecular complexity index is 826. The predicted molar refractivity (Wildman–Crippen MR) is 90.1 cm³/mol. The fraction of sp³-hybridized carbons (Fsp3) is 0. The topological polar surface area (TPSA) is 55.6 Å². The number of hydrogen-bond donors (Lipinski definition) is 1. The number of aliphatic hydroxyl groups excluding tert-OH is 1. The maximum absolute atomic E-state index is 11.2. The van der Waals surface area contributed by atoms with Crippen LogP contribution in [-0.2, 0) is 17.1 Å². The minimum atomic E-state index is -0.984. The van der Waals surface area contributed by atoms with Gasteiger partial charge in [-0.1, -0.05) is 30.4 Å². The first kappa shape index (κ1) is 18.8. The van der Waals surface area contributed by atoms with E-state index >= 15 is 0 Å². The summed E-state index contributed by atoms with van der Waals surface area (Å²) >= 11 is 4.49. The van der Waals surface area contributed by atoms with Gasteiger partial charge in [0.2, 0.25) is 0 Å². The molecule has 23 heavy (non-hydrogen) atoms. The summed E-state index contributed by atoms with van der Waals surface area (Å²) in [5.74, 6) is -0.984. The van der Waals surface area contributed by atoms with Gasteiger partial charge in [-0.2, -0.15) is 23.2 Å². The van der Waals surface area contributed by atoms with Crippen molar-refractivity contribution in [2.45, 2.75) is 0 Å². The van der Waals surface area contributed by atoms with E-state index in [0.29, 0.717) is 10.9 Å². The molecule has 2 aromatic carbocycles. The molecule has 0 atom stereocenters. The Morgan fingerprint density at radius 2 is 1.83 bits per heavy atom. The van der Waals surface area contributed by atoms with Crippen molar-refractivity contribution in [3.8, 4) is 0 Å². The fourth-order valence-electron chi connectivity index (χ4n) is 1.96. The van der Waals surface area contributed by atoms with E-state index in [-0.39, 0.29) is 22.3 Å². The molecule has 0 saturated heterocycles. The molecule has 3 nitrogen and oxygen atoms in total. The van der Waals surface area contributed by atoms with Crippen molar-refractivity contribution in [2.24, 2.45) is 4.99 Å². The Labute approximate surface area is 150 Å². The molecule has 1 aliphatic carbocycles. The standard InChI is InChI=1S/C13H9NO2S.C5H5.Fe/c15-13(16)12-7-10(14-8-17)5-6-11(12)9-3-1-2-4-9;1-2-4-5-3-1;/h1-7,15-16H;1-5H;/q;-1;+2/p-1. The van der Waals surface area contributed by atoms with E-state index in [2.05, 4.69) is 22.4 Å². The normalized spacial score (nSPS) is 12.6. The first-order chi connectivity index (χ1) is 10.7. The second-order valence-corrected chi connectivity index (χ2v) is 4.56. The SMILES string of the molecule is [Fe+2].[O-]C(O)=c1cc(N=C=S)ccc1=C1C=CC=C1.c1cc[cH-]c1. The Balaban J connectivity index is 0.000000377. The molecule has 5 heteroatoms. The summed E-state index contributed by atoms with van der Waals surface area (Å²) < 4.78 is 0. The van der Waals surface area contributed by atoms with Crippen LogP contribution in [0.1, 0.15) is 0 Å². The summed E-state index contributed by atoms with van der Waals surface area (Å²) in [4.78, 5) is 3.77. The molecule has 1 aliphatic rings. The molecule has 116 valence electrons. The number of isothiocyanates is 1. The van der Waals surface area contributed by atoms with Crippen molar-refractivity contribution in [3.05, 3.63) is 83.3 Å². The van der Waals surface area contributed by atoms with E-state index in [1.54, 1.807) is 12.1 Å². The summed E-state index contributed by atoms with van der Waals surface area (Å²) in [6.07, 6.45) is 7.46. The van der Waals surface area contributed by atoms with Gasteiger partial charge < -0.3 is 10.2 Å². The van der Waals surface area contributed by atoms with E-state index in [9.17, 15) is 5.11 Å². The van der Waals surface area contributed by atoms with Gasteiger partial charge in [0.15, 0.2) is 0 Å². The Morgan fingerprint density at radius 1 is 1.17 bits per heavy atom. The first-order valence-corrected chi connectivity index (χ1v) is 6.97. The van der Waals surface area contributed by atoms with Crippen molar-refractivity contribution in [1.29, 1.82) is 0 Å². The predicted octanol–water partition coefficient (Wildman–Crippen LogP) is 2.08. The molecule has 0 unspecified atom stereocenters. The molecule has 0 bridgehead atoms. The van der Waals surface area contributed by atoms with Crippen LogP contribution in [0.15, 0.2) is 77.8 Å². The molecular formula is C18H13FeNO2S. The van der Waals surface area contributed by atoms with E-state index in [0.717, 1.165) is 5.57 Å². The monoisotopic (exact) mass is 363 g/mol. The number of aliphatic hydroxyl groups is 1. The van der Waals surface area contributed by atoms with Gasteiger partial charge in [-0.05, 0) is 35.1 Å². The van der Waals surface area contributed by atoms with Crippen LogP contribution in [-0.4, -0.2) is 10.3 Å². The third kappa shape index (κ3) is 5.44. The number of benzene rings is 1. The molecule has 0 saturated carbocycles. The van der Waals surface area contributed by atoms with E-state index in [4.69, 9.17) is 5.11 Å². The molecule has 1 N–H and O–H groups in total. The van der Waals surface area contributed by atoms with Crippen LogP contribution >= 0.6 is 12.2 Å². The van der Waals surface area contributed by atoms with Crippen molar-refractivity contribution in [3.63, 3.8) is 0 Å². The van der Waals surface area contributed by atoms with Crippen molar-refractivity contribution in [1.82, 2.24) is 0 Å². The number of allylic oxidation sites excluding steroid dienone is 4. The van der Waals surface area contributed by atoms with Crippen LogP contribution < -0.4 is 15.5 Å².